The van der Waals surface area contributed by atoms with Crippen molar-refractivity contribution >= 4 is 11.9 Å². The molecule has 0 N–H and O–H groups in total. The fourth-order valence-corrected chi connectivity index (χ4v) is 2.72. The first kappa shape index (κ1) is 18.6. The lowest BCUT2D eigenvalue weighted by Crippen LogP contribution is -1.98. The van der Waals surface area contributed by atoms with Gasteiger partial charge in [0.15, 0.2) is 11.5 Å². The Labute approximate surface area is 159 Å². The SMILES string of the molecule is COc1cc(C=Nc2ccc(C)cc2C)ccc1OCc1ccc(F)cc1. The fraction of sp³-hybridized carbons (Fsp3) is 0.174. The molecule has 0 atom stereocenters. The van der Waals surface area contributed by atoms with Gasteiger partial charge in [-0.05, 0) is 66.9 Å². The maximum Gasteiger partial charge on any atom is 0.161 e. The van der Waals surface area contributed by atoms with E-state index in [0.29, 0.717) is 18.1 Å². The maximum atomic E-state index is 13.0. The first-order valence-corrected chi connectivity index (χ1v) is 8.72. The molecule has 3 rings (SSSR count). The van der Waals surface area contributed by atoms with Gasteiger partial charge < -0.3 is 9.47 Å². The number of ether oxygens (including phenoxy) is 2. The van der Waals surface area contributed by atoms with Gasteiger partial charge in [0, 0.05) is 6.21 Å². The van der Waals surface area contributed by atoms with Crippen LogP contribution in [0, 0.1) is 19.7 Å². The zero-order chi connectivity index (χ0) is 19.2. The predicted octanol–water partition coefficient (Wildman–Crippen LogP) is 5.78. The van der Waals surface area contributed by atoms with Crippen LogP contribution in [0.15, 0.2) is 65.7 Å². The van der Waals surface area contributed by atoms with Crippen molar-refractivity contribution in [3.8, 4) is 11.5 Å². The number of methoxy groups -OCH3 is 1. The molecule has 0 aliphatic heterocycles. The summed E-state index contributed by atoms with van der Waals surface area (Å²) in [6, 6.07) is 18.1. The van der Waals surface area contributed by atoms with E-state index < -0.39 is 0 Å². The first-order chi connectivity index (χ1) is 13.0. The Kier molecular flexibility index (Phi) is 5.87. The molecule has 0 saturated carbocycles. The highest BCUT2D eigenvalue weighted by Crippen LogP contribution is 2.29. The summed E-state index contributed by atoms with van der Waals surface area (Å²) in [5.41, 5.74) is 5.10. The Morgan fingerprint density at radius 1 is 0.926 bits per heavy atom. The van der Waals surface area contributed by atoms with Crippen LogP contribution in [0.3, 0.4) is 0 Å². The lowest BCUT2D eigenvalue weighted by atomic mass is 10.1. The normalized spacial score (nSPS) is 11.0. The third kappa shape index (κ3) is 4.94. The standard InChI is InChI=1S/C23H22FNO2/c1-16-4-10-21(17(2)12-16)25-14-19-7-11-22(23(13-19)26-3)27-15-18-5-8-20(24)9-6-18/h4-14H,15H2,1-3H3. The molecule has 0 aromatic heterocycles. The molecule has 0 heterocycles. The van der Waals surface area contributed by atoms with Crippen molar-refractivity contribution in [1.82, 2.24) is 0 Å². The molecule has 3 aromatic rings. The summed E-state index contributed by atoms with van der Waals surface area (Å²) < 4.78 is 24.2. The summed E-state index contributed by atoms with van der Waals surface area (Å²) >= 11 is 0. The summed E-state index contributed by atoms with van der Waals surface area (Å²) in [4.78, 5) is 4.57. The van der Waals surface area contributed by atoms with Crippen LogP contribution in [0.1, 0.15) is 22.3 Å². The van der Waals surface area contributed by atoms with Gasteiger partial charge in [0.05, 0.1) is 12.8 Å². The smallest absolute Gasteiger partial charge is 0.161 e. The highest BCUT2D eigenvalue weighted by molar-refractivity contribution is 5.83. The molecular weight excluding hydrogens is 341 g/mol. The second-order valence-corrected chi connectivity index (χ2v) is 6.37. The van der Waals surface area contributed by atoms with E-state index in [1.165, 1.54) is 17.7 Å². The van der Waals surface area contributed by atoms with E-state index in [-0.39, 0.29) is 5.82 Å². The molecule has 3 aromatic carbocycles. The average molecular weight is 363 g/mol. The predicted molar refractivity (Wildman–Crippen MR) is 107 cm³/mol. The Balaban J connectivity index is 1.73. The van der Waals surface area contributed by atoms with Crippen molar-refractivity contribution in [3.05, 3.63) is 88.7 Å². The minimum Gasteiger partial charge on any atom is -0.493 e. The van der Waals surface area contributed by atoms with Gasteiger partial charge in [-0.3, -0.25) is 4.99 Å². The summed E-state index contributed by atoms with van der Waals surface area (Å²) in [5.74, 6) is 0.996. The number of halogens is 1. The van der Waals surface area contributed by atoms with Crippen LogP contribution >= 0.6 is 0 Å². The molecule has 0 fully saturated rings. The lowest BCUT2D eigenvalue weighted by molar-refractivity contribution is 0.284. The zero-order valence-corrected chi connectivity index (χ0v) is 15.7. The van der Waals surface area contributed by atoms with Crippen LogP contribution in [0.5, 0.6) is 11.5 Å². The van der Waals surface area contributed by atoms with Crippen molar-refractivity contribution < 1.29 is 13.9 Å². The van der Waals surface area contributed by atoms with Crippen molar-refractivity contribution in [2.75, 3.05) is 7.11 Å². The Morgan fingerprint density at radius 3 is 2.41 bits per heavy atom. The second-order valence-electron chi connectivity index (χ2n) is 6.37. The van der Waals surface area contributed by atoms with Crippen molar-refractivity contribution in [2.45, 2.75) is 20.5 Å². The third-order valence-corrected chi connectivity index (χ3v) is 4.20. The molecule has 0 unspecified atom stereocenters. The maximum absolute atomic E-state index is 13.0. The summed E-state index contributed by atoms with van der Waals surface area (Å²) in [7, 11) is 1.60. The number of aryl methyl sites for hydroxylation is 2. The number of benzene rings is 3. The number of hydrogen-bond donors (Lipinski definition) is 0. The number of rotatable bonds is 6. The van der Waals surface area contributed by atoms with Gasteiger partial charge in [0.1, 0.15) is 12.4 Å². The molecule has 0 saturated heterocycles. The Hall–Kier alpha value is -3.14. The van der Waals surface area contributed by atoms with E-state index in [2.05, 4.69) is 18.0 Å². The van der Waals surface area contributed by atoms with Crippen LogP contribution < -0.4 is 9.47 Å². The van der Waals surface area contributed by atoms with Gasteiger partial charge in [0.25, 0.3) is 0 Å². The van der Waals surface area contributed by atoms with E-state index in [0.717, 1.165) is 22.4 Å². The van der Waals surface area contributed by atoms with Crippen LogP contribution in [0.25, 0.3) is 0 Å². The van der Waals surface area contributed by atoms with E-state index in [1.54, 1.807) is 19.2 Å². The summed E-state index contributed by atoms with van der Waals surface area (Å²) in [6.45, 7) is 4.45. The van der Waals surface area contributed by atoms with Gasteiger partial charge in [-0.2, -0.15) is 0 Å². The Bertz CT molecular complexity index is 949. The van der Waals surface area contributed by atoms with E-state index >= 15 is 0 Å². The summed E-state index contributed by atoms with van der Waals surface area (Å²) in [5, 5.41) is 0. The van der Waals surface area contributed by atoms with Crippen LogP contribution in [-0.4, -0.2) is 13.3 Å². The number of aliphatic imine (C=N–C) groups is 1. The topological polar surface area (TPSA) is 30.8 Å². The molecule has 0 radical (unpaired) electrons. The van der Waals surface area contributed by atoms with Crippen LogP contribution in [-0.2, 0) is 6.61 Å². The largest absolute Gasteiger partial charge is 0.493 e. The van der Waals surface area contributed by atoms with Crippen molar-refractivity contribution in [1.29, 1.82) is 0 Å². The monoisotopic (exact) mass is 363 g/mol. The molecule has 138 valence electrons. The van der Waals surface area contributed by atoms with Crippen molar-refractivity contribution in [2.24, 2.45) is 4.99 Å². The highest BCUT2D eigenvalue weighted by Gasteiger charge is 2.06. The summed E-state index contributed by atoms with van der Waals surface area (Å²) in [6.07, 6.45) is 1.81. The molecular formula is C23H22FNO2. The molecule has 27 heavy (non-hydrogen) atoms. The minimum absolute atomic E-state index is 0.260. The lowest BCUT2D eigenvalue weighted by Gasteiger charge is -2.11. The van der Waals surface area contributed by atoms with E-state index in [1.807, 2.05) is 43.5 Å². The van der Waals surface area contributed by atoms with Crippen LogP contribution in [0.4, 0.5) is 10.1 Å². The highest BCUT2D eigenvalue weighted by atomic mass is 19.1. The van der Waals surface area contributed by atoms with Gasteiger partial charge >= 0.3 is 0 Å². The molecule has 4 heteroatoms. The Morgan fingerprint density at radius 2 is 1.70 bits per heavy atom. The molecule has 0 spiro atoms. The zero-order valence-electron chi connectivity index (χ0n) is 15.7. The van der Waals surface area contributed by atoms with Gasteiger partial charge in [-0.1, -0.05) is 29.8 Å². The first-order valence-electron chi connectivity index (χ1n) is 8.72. The molecule has 3 nitrogen and oxygen atoms in total. The minimum atomic E-state index is -0.260. The van der Waals surface area contributed by atoms with Gasteiger partial charge in [-0.25, -0.2) is 4.39 Å². The molecule has 0 bridgehead atoms. The second kappa shape index (κ2) is 8.49. The fourth-order valence-electron chi connectivity index (χ4n) is 2.72. The van der Waals surface area contributed by atoms with Gasteiger partial charge in [0.2, 0.25) is 0 Å². The van der Waals surface area contributed by atoms with E-state index in [4.69, 9.17) is 9.47 Å². The molecule has 0 amide bonds. The molecule has 0 aliphatic carbocycles. The molecule has 0 aliphatic rings. The van der Waals surface area contributed by atoms with Crippen molar-refractivity contribution in [3.63, 3.8) is 0 Å². The number of nitrogens with zero attached hydrogens (tertiary/aromatic N) is 1. The van der Waals surface area contributed by atoms with Crippen LogP contribution in [0.2, 0.25) is 0 Å². The third-order valence-electron chi connectivity index (χ3n) is 4.20. The van der Waals surface area contributed by atoms with Gasteiger partial charge in [-0.15, -0.1) is 0 Å². The van der Waals surface area contributed by atoms with E-state index in [9.17, 15) is 4.39 Å². The average Bonchev–Trinajstić information content (AvgIpc) is 2.67. The number of hydrogen-bond acceptors (Lipinski definition) is 3. The quantitative estimate of drug-likeness (QED) is 0.520.